The van der Waals surface area contributed by atoms with Gasteiger partial charge in [0.2, 0.25) is 0 Å². The minimum absolute atomic E-state index is 0. The first-order valence-electron chi connectivity index (χ1n) is 0. The van der Waals surface area contributed by atoms with E-state index in [4.69, 9.17) is 0 Å². The summed E-state index contributed by atoms with van der Waals surface area (Å²) in [5.74, 6) is 0. The van der Waals surface area contributed by atoms with Gasteiger partial charge in [0.1, 0.15) is 0 Å². The van der Waals surface area contributed by atoms with Crippen LogP contribution in [0.4, 0.5) is 0 Å². The summed E-state index contributed by atoms with van der Waals surface area (Å²) in [6, 6.07) is 0. The molecule has 0 aliphatic rings. The Kier molecular flexibility index (Phi) is 492. The van der Waals surface area contributed by atoms with Gasteiger partial charge in [-0.25, -0.2) is 0 Å². The monoisotopic (exact) mass is 504 g/mol. The van der Waals surface area contributed by atoms with Crippen LogP contribution in [0.3, 0.4) is 0 Å². The zero-order valence-electron chi connectivity index (χ0n) is 2.63. The average Bonchev–Trinajstić information content (AvgIpc) is 0. The molecule has 0 spiro atoms. The number of halogens is 4. The van der Waals surface area contributed by atoms with Gasteiger partial charge in [0.25, 0.3) is 0 Å². The first-order valence-corrected chi connectivity index (χ1v) is 0. The van der Waals surface area contributed by atoms with Crippen LogP contribution in [0.5, 0.6) is 0 Å². The van der Waals surface area contributed by atoms with E-state index in [1.807, 2.05) is 0 Å². The third kappa shape index (κ3) is 28.6. The molecule has 0 heterocycles. The molecule has 0 bridgehead atoms. The second kappa shape index (κ2) is 44.7. The van der Waals surface area contributed by atoms with Crippen molar-refractivity contribution in [1.29, 1.82) is 0 Å². The molecule has 0 aromatic heterocycles. The molecule has 0 aromatic rings. The summed E-state index contributed by atoms with van der Waals surface area (Å²) in [7, 11) is 0. The van der Waals surface area contributed by atoms with E-state index < -0.39 is 0 Å². The van der Waals surface area contributed by atoms with Gasteiger partial charge in [-0.3, -0.25) is 0 Å². The largest absolute Gasteiger partial charge is 0.147 e. The maximum absolute atomic E-state index is 0. The van der Waals surface area contributed by atoms with Crippen LogP contribution in [0.1, 0.15) is 0 Å². The Morgan fingerprint density at radius 3 is 0.333 bits per heavy atom. The minimum atomic E-state index is 0. The molecule has 0 atom stereocenters. The average molecular weight is 503 g/mol. The van der Waals surface area contributed by atoms with Crippen LogP contribution in [-0.4, -0.2) is 0 Å². The van der Waals surface area contributed by atoms with E-state index in [9.17, 15) is 0 Å². The molecule has 6 heteroatoms. The third-order valence-corrected chi connectivity index (χ3v) is 0. The van der Waals surface area contributed by atoms with E-state index >= 15 is 0 Å². The smallest absolute Gasteiger partial charge is 0 e. The van der Waals surface area contributed by atoms with Crippen molar-refractivity contribution in [2.24, 2.45) is 0 Å². The number of hydrogen-bond acceptors (Lipinski definition) is 0. The van der Waals surface area contributed by atoms with Crippen molar-refractivity contribution >= 4 is 49.6 Å². The van der Waals surface area contributed by atoms with E-state index in [0.717, 1.165) is 0 Å². The SMILES string of the molecule is Cl.Cl.Cl.Cl.[Hf].[Hf]. The predicted molar refractivity (Wildman–Crippen MR) is 29.0 cm³/mol. The maximum Gasteiger partial charge on any atom is 0 e. The molecule has 40 valence electrons. The molecule has 0 radical (unpaired) electrons. The summed E-state index contributed by atoms with van der Waals surface area (Å²) in [6.07, 6.45) is 0. The van der Waals surface area contributed by atoms with Crippen LogP contribution < -0.4 is 0 Å². The first-order chi connectivity index (χ1) is 0. The Balaban J connectivity index is 0. The molecule has 0 amide bonds. The van der Waals surface area contributed by atoms with Crippen molar-refractivity contribution in [3.8, 4) is 0 Å². The van der Waals surface area contributed by atoms with Crippen LogP contribution in [0, 0.1) is 0 Å². The first kappa shape index (κ1) is 66.0. The predicted octanol–water partition coefficient (Wildman–Crippen LogP) is 1.68. The normalized spacial score (nSPS) is 0. The topological polar surface area (TPSA) is 0 Å². The van der Waals surface area contributed by atoms with Crippen molar-refractivity contribution < 1.29 is 51.7 Å². The molecule has 0 saturated heterocycles. The zero-order chi connectivity index (χ0) is 0. The molecule has 0 saturated carbocycles. The summed E-state index contributed by atoms with van der Waals surface area (Å²) < 4.78 is 0. The minimum Gasteiger partial charge on any atom is -0.147 e. The summed E-state index contributed by atoms with van der Waals surface area (Å²) in [4.78, 5) is 0. The molecule has 0 aromatic carbocycles. The zero-order valence-corrected chi connectivity index (χ0v) is 13.1. The molecule has 0 rings (SSSR count). The molecule has 6 heavy (non-hydrogen) atoms. The number of rotatable bonds is 0. The Hall–Kier alpha value is 2.90. The van der Waals surface area contributed by atoms with Crippen LogP contribution >= 0.6 is 49.6 Å². The second-order valence-corrected chi connectivity index (χ2v) is 0. The Morgan fingerprint density at radius 1 is 0.333 bits per heavy atom. The van der Waals surface area contributed by atoms with Crippen LogP contribution in [-0.2, 0) is 51.7 Å². The summed E-state index contributed by atoms with van der Waals surface area (Å²) >= 11 is 0. The van der Waals surface area contributed by atoms with Gasteiger partial charge in [-0.1, -0.05) is 0 Å². The van der Waals surface area contributed by atoms with Gasteiger partial charge < -0.3 is 0 Å². The van der Waals surface area contributed by atoms with Gasteiger partial charge in [0.05, 0.1) is 0 Å². The Labute approximate surface area is 99.8 Å². The fraction of sp³-hybridized carbons (Fsp3) is 0. The quantitative estimate of drug-likeness (QED) is 0.442. The molecule has 0 aliphatic carbocycles. The van der Waals surface area contributed by atoms with Gasteiger partial charge >= 0.3 is 0 Å². The summed E-state index contributed by atoms with van der Waals surface area (Å²) in [5.41, 5.74) is 0. The Morgan fingerprint density at radius 2 is 0.333 bits per heavy atom. The van der Waals surface area contributed by atoms with Gasteiger partial charge in [-0.2, -0.15) is 0 Å². The van der Waals surface area contributed by atoms with Crippen molar-refractivity contribution in [1.82, 2.24) is 0 Å². The van der Waals surface area contributed by atoms with E-state index in [-0.39, 0.29) is 101 Å². The van der Waals surface area contributed by atoms with Crippen LogP contribution in [0.2, 0.25) is 0 Å². The molecule has 0 nitrogen and oxygen atoms in total. The van der Waals surface area contributed by atoms with Gasteiger partial charge in [-0.15, -0.1) is 49.6 Å². The van der Waals surface area contributed by atoms with E-state index in [0.29, 0.717) is 0 Å². The van der Waals surface area contributed by atoms with Crippen LogP contribution in [0.15, 0.2) is 0 Å². The third-order valence-electron chi connectivity index (χ3n) is 0. The van der Waals surface area contributed by atoms with Crippen molar-refractivity contribution in [3.63, 3.8) is 0 Å². The fourth-order valence-electron chi connectivity index (χ4n) is 0. The standard InChI is InChI=1S/4ClH.2Hf/h4*1H;;. The molecular weight excluding hydrogens is 499 g/mol. The fourth-order valence-corrected chi connectivity index (χ4v) is 0. The molecule has 0 N–H and O–H groups in total. The summed E-state index contributed by atoms with van der Waals surface area (Å²) in [6.45, 7) is 0. The van der Waals surface area contributed by atoms with Gasteiger partial charge in [0, 0.05) is 51.7 Å². The maximum atomic E-state index is 0. The Bertz CT molecular complexity index is 5.51. The molecular formula is H4Cl4Hf2. The molecule has 0 unspecified atom stereocenters. The molecule has 0 aliphatic heterocycles. The van der Waals surface area contributed by atoms with E-state index in [2.05, 4.69) is 0 Å². The van der Waals surface area contributed by atoms with Crippen molar-refractivity contribution in [2.75, 3.05) is 0 Å². The van der Waals surface area contributed by atoms with Crippen molar-refractivity contribution in [3.05, 3.63) is 0 Å². The van der Waals surface area contributed by atoms with E-state index in [1.165, 1.54) is 0 Å². The molecule has 0 fully saturated rings. The second-order valence-electron chi connectivity index (χ2n) is 0. The van der Waals surface area contributed by atoms with Crippen LogP contribution in [0.25, 0.3) is 0 Å². The summed E-state index contributed by atoms with van der Waals surface area (Å²) in [5, 5.41) is 0. The van der Waals surface area contributed by atoms with Gasteiger partial charge in [0.15, 0.2) is 0 Å². The van der Waals surface area contributed by atoms with E-state index in [1.54, 1.807) is 0 Å². The van der Waals surface area contributed by atoms with Crippen molar-refractivity contribution in [2.45, 2.75) is 0 Å². The van der Waals surface area contributed by atoms with Gasteiger partial charge in [-0.05, 0) is 0 Å². The number of hydrogen-bond donors (Lipinski definition) is 0.